The minimum Gasteiger partial charge on any atom is -0.360 e. The Morgan fingerprint density at radius 1 is 1.11 bits per heavy atom. The minimum atomic E-state index is -0.369. The van der Waals surface area contributed by atoms with Crippen molar-refractivity contribution in [2.45, 2.75) is 32.6 Å². The van der Waals surface area contributed by atoms with E-state index in [1.807, 2.05) is 13.0 Å². The summed E-state index contributed by atoms with van der Waals surface area (Å²) < 4.78 is 5.36. The second-order valence-corrected chi connectivity index (χ2v) is 9.37. The molecule has 4 aromatic rings. The number of hydrogen-bond donors (Lipinski definition) is 2. The van der Waals surface area contributed by atoms with E-state index in [1.165, 1.54) is 5.69 Å². The zero-order valence-electron chi connectivity index (χ0n) is 19.3. The second kappa shape index (κ2) is 9.71. The average Bonchev–Trinajstić information content (AvgIpc) is 3.45. The predicted molar refractivity (Wildman–Crippen MR) is 136 cm³/mol. The smallest absolute Gasteiger partial charge is 0.261 e. The Morgan fingerprint density at radius 3 is 2.54 bits per heavy atom. The number of benzene rings is 1. The van der Waals surface area contributed by atoms with Crippen LogP contribution in [0.15, 0.2) is 47.4 Å². The van der Waals surface area contributed by atoms with Crippen LogP contribution in [-0.2, 0) is 0 Å². The topological polar surface area (TPSA) is 99.9 Å². The van der Waals surface area contributed by atoms with Gasteiger partial charge in [-0.25, -0.2) is 9.97 Å². The number of pyridine rings is 1. The van der Waals surface area contributed by atoms with E-state index in [4.69, 9.17) is 27.7 Å². The first-order chi connectivity index (χ1) is 16.9. The fourth-order valence-corrected chi connectivity index (χ4v) is 5.21. The maximum Gasteiger partial charge on any atom is 0.261 e. The fraction of sp³-hybridized carbons (Fsp3) is 0.280. The van der Waals surface area contributed by atoms with Crippen molar-refractivity contribution in [2.24, 2.45) is 0 Å². The summed E-state index contributed by atoms with van der Waals surface area (Å²) in [7, 11) is 0. The van der Waals surface area contributed by atoms with Gasteiger partial charge in [-0.05, 0) is 51.0 Å². The number of amides is 1. The van der Waals surface area contributed by atoms with Crippen LogP contribution in [0.4, 0.5) is 11.5 Å². The van der Waals surface area contributed by atoms with E-state index in [1.54, 1.807) is 43.7 Å². The Kier molecular flexibility index (Phi) is 6.49. The summed E-state index contributed by atoms with van der Waals surface area (Å²) in [5.74, 6) is 1.16. The number of piperidine rings is 1. The van der Waals surface area contributed by atoms with Gasteiger partial charge in [-0.3, -0.25) is 4.79 Å². The van der Waals surface area contributed by atoms with Gasteiger partial charge < -0.3 is 19.7 Å². The lowest BCUT2D eigenvalue weighted by Crippen LogP contribution is -2.34. The lowest BCUT2D eigenvalue weighted by molar-refractivity contribution is 0.102. The third kappa shape index (κ3) is 4.51. The molecule has 1 fully saturated rings. The Hall–Kier alpha value is -3.36. The van der Waals surface area contributed by atoms with Crippen LogP contribution >= 0.6 is 23.2 Å². The van der Waals surface area contributed by atoms with Gasteiger partial charge in [-0.15, -0.1) is 0 Å². The summed E-state index contributed by atoms with van der Waals surface area (Å²) in [5, 5.41) is 7.86. The van der Waals surface area contributed by atoms with Crippen molar-refractivity contribution in [3.05, 3.63) is 75.6 Å². The molecule has 1 saturated heterocycles. The standard InChI is InChI=1S/C25H24Cl2N6O2/c1-14-22(30-13-29-14)16-8-11-33(12-9-16)24-19(7-4-10-28-24)31-25(34)20-15(2)35-32-23(20)21-17(26)5-3-6-18(21)27/h3-7,10,13,16H,8-9,11-12H2,1-2H3,(H,29,30)(H,31,34). The van der Waals surface area contributed by atoms with Gasteiger partial charge in [-0.2, -0.15) is 0 Å². The number of carbonyl (C=O) groups is 1. The van der Waals surface area contributed by atoms with Crippen LogP contribution in [-0.4, -0.2) is 39.1 Å². The third-order valence-electron chi connectivity index (χ3n) is 6.40. The van der Waals surface area contributed by atoms with Crippen LogP contribution in [0.1, 0.15) is 46.3 Å². The second-order valence-electron chi connectivity index (χ2n) is 8.55. The number of imidazole rings is 1. The number of rotatable bonds is 5. The van der Waals surface area contributed by atoms with Crippen molar-refractivity contribution in [3.8, 4) is 11.3 Å². The molecule has 1 amide bonds. The number of halogens is 2. The zero-order valence-corrected chi connectivity index (χ0v) is 20.8. The van der Waals surface area contributed by atoms with Gasteiger partial charge in [0.05, 0.1) is 27.8 Å². The number of nitrogens with one attached hydrogen (secondary N) is 2. The average molecular weight is 511 g/mol. The molecule has 3 aromatic heterocycles. The number of aromatic nitrogens is 4. The highest BCUT2D eigenvalue weighted by Gasteiger charge is 2.28. The number of hydrogen-bond acceptors (Lipinski definition) is 6. The summed E-state index contributed by atoms with van der Waals surface area (Å²) >= 11 is 12.7. The highest BCUT2D eigenvalue weighted by molar-refractivity contribution is 6.39. The number of aromatic amines is 1. The van der Waals surface area contributed by atoms with Gasteiger partial charge >= 0.3 is 0 Å². The van der Waals surface area contributed by atoms with Gasteiger partial charge in [0.15, 0.2) is 5.82 Å². The molecule has 35 heavy (non-hydrogen) atoms. The molecule has 10 heteroatoms. The largest absolute Gasteiger partial charge is 0.360 e. The van der Waals surface area contributed by atoms with Crippen molar-refractivity contribution >= 4 is 40.6 Å². The molecule has 2 N–H and O–H groups in total. The Balaban J connectivity index is 1.38. The van der Waals surface area contributed by atoms with Crippen molar-refractivity contribution in [2.75, 3.05) is 23.3 Å². The number of carbonyl (C=O) groups excluding carboxylic acids is 1. The molecule has 8 nitrogen and oxygen atoms in total. The molecule has 0 radical (unpaired) electrons. The monoisotopic (exact) mass is 510 g/mol. The molecule has 0 atom stereocenters. The summed E-state index contributed by atoms with van der Waals surface area (Å²) in [6, 6.07) is 8.77. The van der Waals surface area contributed by atoms with Crippen LogP contribution in [0.2, 0.25) is 10.0 Å². The zero-order chi connectivity index (χ0) is 24.5. The maximum absolute atomic E-state index is 13.4. The molecule has 180 valence electrons. The quantitative estimate of drug-likeness (QED) is 0.340. The lowest BCUT2D eigenvalue weighted by atomic mass is 9.92. The molecule has 0 unspecified atom stereocenters. The first-order valence-electron chi connectivity index (χ1n) is 11.4. The van der Waals surface area contributed by atoms with Crippen LogP contribution in [0.5, 0.6) is 0 Å². The Morgan fingerprint density at radius 2 is 1.86 bits per heavy atom. The van der Waals surface area contributed by atoms with E-state index in [0.717, 1.165) is 37.4 Å². The molecule has 1 aromatic carbocycles. The van der Waals surface area contributed by atoms with Crippen molar-refractivity contribution in [3.63, 3.8) is 0 Å². The molecule has 0 aliphatic carbocycles. The van der Waals surface area contributed by atoms with Gasteiger partial charge in [0.1, 0.15) is 17.0 Å². The summed E-state index contributed by atoms with van der Waals surface area (Å²) in [6.07, 6.45) is 5.41. The number of anilines is 2. The number of aryl methyl sites for hydroxylation is 2. The first-order valence-corrected chi connectivity index (χ1v) is 12.1. The van der Waals surface area contributed by atoms with E-state index in [2.05, 4.69) is 30.3 Å². The van der Waals surface area contributed by atoms with E-state index >= 15 is 0 Å². The fourth-order valence-electron chi connectivity index (χ4n) is 4.63. The molecule has 1 aliphatic heterocycles. The summed E-state index contributed by atoms with van der Waals surface area (Å²) in [6.45, 7) is 5.34. The number of nitrogens with zero attached hydrogens (tertiary/aromatic N) is 4. The van der Waals surface area contributed by atoms with E-state index in [-0.39, 0.29) is 11.5 Å². The maximum atomic E-state index is 13.4. The van der Waals surface area contributed by atoms with Gasteiger partial charge in [0.25, 0.3) is 5.91 Å². The molecule has 0 bridgehead atoms. The van der Waals surface area contributed by atoms with E-state index in [0.29, 0.717) is 38.7 Å². The van der Waals surface area contributed by atoms with Crippen molar-refractivity contribution < 1.29 is 9.32 Å². The third-order valence-corrected chi connectivity index (χ3v) is 7.02. The minimum absolute atomic E-state index is 0.281. The van der Waals surface area contributed by atoms with Crippen LogP contribution in [0.3, 0.4) is 0 Å². The van der Waals surface area contributed by atoms with Crippen molar-refractivity contribution in [1.29, 1.82) is 0 Å². The van der Waals surface area contributed by atoms with Gasteiger partial charge in [0, 0.05) is 36.5 Å². The summed E-state index contributed by atoms with van der Waals surface area (Å²) in [5.41, 5.74) is 3.91. The number of H-pyrrole nitrogens is 1. The van der Waals surface area contributed by atoms with Gasteiger partial charge in [-0.1, -0.05) is 34.4 Å². The summed E-state index contributed by atoms with van der Waals surface area (Å²) in [4.78, 5) is 27.8. The van der Waals surface area contributed by atoms with Crippen molar-refractivity contribution in [1.82, 2.24) is 20.1 Å². The van der Waals surface area contributed by atoms with Crippen LogP contribution in [0.25, 0.3) is 11.3 Å². The van der Waals surface area contributed by atoms with E-state index in [9.17, 15) is 4.79 Å². The Labute approximate surface area is 212 Å². The molecule has 0 saturated carbocycles. The molecular formula is C25H24Cl2N6O2. The highest BCUT2D eigenvalue weighted by Crippen LogP contribution is 2.38. The van der Waals surface area contributed by atoms with Crippen LogP contribution < -0.4 is 10.2 Å². The lowest BCUT2D eigenvalue weighted by Gasteiger charge is -2.33. The predicted octanol–water partition coefficient (Wildman–Crippen LogP) is 6.02. The first kappa shape index (κ1) is 23.4. The highest BCUT2D eigenvalue weighted by atomic mass is 35.5. The molecule has 5 rings (SSSR count). The van der Waals surface area contributed by atoms with E-state index < -0.39 is 0 Å². The normalized spacial score (nSPS) is 14.3. The Bertz CT molecular complexity index is 1350. The molecular weight excluding hydrogens is 487 g/mol. The van der Waals surface area contributed by atoms with Crippen LogP contribution in [0, 0.1) is 13.8 Å². The van der Waals surface area contributed by atoms with Gasteiger partial charge in [0.2, 0.25) is 0 Å². The molecule has 4 heterocycles. The molecule has 0 spiro atoms. The molecule has 1 aliphatic rings. The SMILES string of the molecule is Cc1nc[nH]c1C1CCN(c2ncccc2NC(=O)c2c(-c3c(Cl)cccc3Cl)noc2C)CC1.